The maximum Gasteiger partial charge on any atom is 0.167 e. The molecule has 0 aliphatic heterocycles. The van der Waals surface area contributed by atoms with Gasteiger partial charge in [0.15, 0.2) is 5.78 Å². The van der Waals surface area contributed by atoms with E-state index >= 15 is 0 Å². The van der Waals surface area contributed by atoms with Gasteiger partial charge in [-0.1, -0.05) is 49.2 Å². The number of carbonyl (C=O) groups excluding carboxylic acids is 1. The highest BCUT2D eigenvalue weighted by atomic mass is 32.2. The summed E-state index contributed by atoms with van der Waals surface area (Å²) in [7, 11) is 0. The molecule has 1 atom stereocenters. The number of ketones is 1. The van der Waals surface area contributed by atoms with Crippen LogP contribution in [0.3, 0.4) is 0 Å². The van der Waals surface area contributed by atoms with E-state index in [-0.39, 0.29) is 22.9 Å². The lowest BCUT2D eigenvalue weighted by molar-refractivity contribution is -0.116. The first-order chi connectivity index (χ1) is 13.6. The van der Waals surface area contributed by atoms with Crippen LogP contribution in [0.1, 0.15) is 54.5 Å². The molecule has 2 aromatic rings. The number of benzene rings is 2. The van der Waals surface area contributed by atoms with Crippen molar-refractivity contribution in [3.63, 3.8) is 0 Å². The van der Waals surface area contributed by atoms with Crippen LogP contribution in [0.15, 0.2) is 47.1 Å². The third-order valence-electron chi connectivity index (χ3n) is 6.10. The second-order valence-corrected chi connectivity index (χ2v) is 10.3. The van der Waals surface area contributed by atoms with Crippen LogP contribution in [-0.4, -0.2) is 16.6 Å². The predicted molar refractivity (Wildman–Crippen MR) is 124 cm³/mol. The summed E-state index contributed by atoms with van der Waals surface area (Å²) in [5.74, 6) is 1.39. The van der Waals surface area contributed by atoms with Crippen molar-refractivity contribution in [2.45, 2.75) is 59.3 Å². The molecule has 0 saturated heterocycles. The van der Waals surface area contributed by atoms with E-state index in [2.05, 4.69) is 64.1 Å². The molecule has 1 unspecified atom stereocenters. The van der Waals surface area contributed by atoms with Crippen molar-refractivity contribution in [3.05, 3.63) is 70.0 Å². The molecule has 1 aliphatic rings. The number of aryl methyl sites for hydroxylation is 4. The fourth-order valence-electron chi connectivity index (χ4n) is 4.33. The lowest BCUT2D eigenvalue weighted by atomic mass is 9.70. The Morgan fingerprint density at radius 3 is 2.10 bits per heavy atom. The van der Waals surface area contributed by atoms with Crippen molar-refractivity contribution in [1.29, 1.82) is 0 Å². The topological polar surface area (TPSA) is 37.3 Å². The van der Waals surface area contributed by atoms with Crippen LogP contribution in [-0.2, 0) is 4.79 Å². The van der Waals surface area contributed by atoms with Gasteiger partial charge in [0.05, 0.1) is 5.57 Å². The number of hydrogen-bond acceptors (Lipinski definition) is 3. The maximum absolute atomic E-state index is 13.1. The molecule has 29 heavy (non-hydrogen) atoms. The summed E-state index contributed by atoms with van der Waals surface area (Å²) < 4.78 is 0. The molecule has 0 amide bonds. The van der Waals surface area contributed by atoms with Gasteiger partial charge in [-0.05, 0) is 67.9 Å². The van der Waals surface area contributed by atoms with Gasteiger partial charge >= 0.3 is 0 Å². The number of hydrogen-bond donors (Lipinski definition) is 1. The normalized spacial score (nSPS) is 17.7. The van der Waals surface area contributed by atoms with Crippen LogP contribution in [0.2, 0.25) is 0 Å². The molecule has 0 radical (unpaired) electrons. The minimum absolute atomic E-state index is 0.0535. The number of carbonyl (C=O) groups is 1. The lowest BCUT2D eigenvalue weighted by Crippen LogP contribution is -2.32. The van der Waals surface area contributed by atoms with E-state index < -0.39 is 0 Å². The summed E-state index contributed by atoms with van der Waals surface area (Å²) in [6, 6.07) is 12.7. The molecule has 3 rings (SSSR count). The fraction of sp³-hybridized carbons (Fsp3) is 0.423. The number of aliphatic hydroxyl groups excluding tert-OH is 1. The Hall–Kier alpha value is -2.00. The minimum Gasteiger partial charge on any atom is -0.512 e. The zero-order valence-electron chi connectivity index (χ0n) is 18.4. The zero-order chi connectivity index (χ0) is 21.3. The quantitative estimate of drug-likeness (QED) is 0.542. The van der Waals surface area contributed by atoms with Crippen molar-refractivity contribution < 1.29 is 9.90 Å². The first-order valence-electron chi connectivity index (χ1n) is 10.3. The molecule has 0 bridgehead atoms. The number of aliphatic hydroxyl groups is 1. The molecule has 154 valence electrons. The minimum atomic E-state index is -0.0535. The third kappa shape index (κ3) is 4.78. The third-order valence-corrected chi connectivity index (χ3v) is 7.60. The van der Waals surface area contributed by atoms with Crippen LogP contribution in [0, 0.1) is 39.0 Å². The van der Waals surface area contributed by atoms with Gasteiger partial charge in [0, 0.05) is 23.5 Å². The molecule has 1 aliphatic carbocycles. The smallest absolute Gasteiger partial charge is 0.167 e. The largest absolute Gasteiger partial charge is 0.512 e. The van der Waals surface area contributed by atoms with Gasteiger partial charge in [0.2, 0.25) is 0 Å². The van der Waals surface area contributed by atoms with Crippen LogP contribution in [0.25, 0.3) is 5.57 Å². The molecule has 2 nitrogen and oxygen atoms in total. The van der Waals surface area contributed by atoms with Crippen LogP contribution < -0.4 is 0 Å². The number of Topliss-reactive ketones (excluding diaryl/α,β-unsaturated/α-hetero) is 1. The van der Waals surface area contributed by atoms with E-state index in [1.807, 2.05) is 25.6 Å². The van der Waals surface area contributed by atoms with E-state index in [0.717, 1.165) is 22.4 Å². The zero-order valence-corrected chi connectivity index (χ0v) is 19.2. The monoisotopic (exact) mass is 408 g/mol. The highest BCUT2D eigenvalue weighted by Crippen LogP contribution is 2.44. The van der Waals surface area contributed by atoms with Gasteiger partial charge in [0.25, 0.3) is 0 Å². The molecule has 2 aromatic carbocycles. The Morgan fingerprint density at radius 2 is 1.55 bits per heavy atom. The number of rotatable bonds is 5. The Balaban J connectivity index is 1.81. The lowest BCUT2D eigenvalue weighted by Gasteiger charge is -2.37. The summed E-state index contributed by atoms with van der Waals surface area (Å²) >= 11 is 1.83. The van der Waals surface area contributed by atoms with Crippen LogP contribution in [0.5, 0.6) is 0 Å². The van der Waals surface area contributed by atoms with Crippen molar-refractivity contribution >= 4 is 23.1 Å². The highest BCUT2D eigenvalue weighted by Gasteiger charge is 2.38. The van der Waals surface area contributed by atoms with Crippen molar-refractivity contribution in [3.8, 4) is 0 Å². The summed E-state index contributed by atoms with van der Waals surface area (Å²) in [5, 5.41) is 10.9. The highest BCUT2D eigenvalue weighted by molar-refractivity contribution is 7.99. The van der Waals surface area contributed by atoms with Crippen LogP contribution in [0.4, 0.5) is 0 Å². The molecular weight excluding hydrogens is 376 g/mol. The van der Waals surface area contributed by atoms with Crippen LogP contribution >= 0.6 is 11.8 Å². The first kappa shape index (κ1) is 21.7. The van der Waals surface area contributed by atoms with Gasteiger partial charge < -0.3 is 5.11 Å². The predicted octanol–water partition coefficient (Wildman–Crippen LogP) is 6.99. The summed E-state index contributed by atoms with van der Waals surface area (Å²) in [6.07, 6.45) is 1.06. The second-order valence-electron chi connectivity index (χ2n) is 9.21. The number of allylic oxidation sites excluding steroid dienone is 2. The van der Waals surface area contributed by atoms with E-state index in [1.54, 1.807) is 0 Å². The molecule has 1 N–H and O–H groups in total. The van der Waals surface area contributed by atoms with Gasteiger partial charge in [-0.25, -0.2) is 0 Å². The standard InChI is InChI=1S/C26H32O2S/c1-16-7-9-21(10-8-16)29-15-26(5,6)20-13-22(27)25(23(28)14-20)24-18(3)11-17(2)12-19(24)4/h7-12,20,27H,13-15H2,1-6H3. The van der Waals surface area contributed by atoms with Gasteiger partial charge in [-0.15, -0.1) is 11.8 Å². The van der Waals surface area contributed by atoms with Crippen molar-refractivity contribution in [2.24, 2.45) is 11.3 Å². The Morgan fingerprint density at radius 1 is 0.966 bits per heavy atom. The van der Waals surface area contributed by atoms with Gasteiger partial charge in [-0.2, -0.15) is 0 Å². The first-order valence-corrected chi connectivity index (χ1v) is 11.3. The molecular formula is C26H32O2S. The van der Waals surface area contributed by atoms with E-state index in [1.165, 1.54) is 16.0 Å². The molecule has 0 heterocycles. The van der Waals surface area contributed by atoms with E-state index in [4.69, 9.17) is 0 Å². The molecule has 0 spiro atoms. The van der Waals surface area contributed by atoms with Crippen molar-refractivity contribution in [1.82, 2.24) is 0 Å². The summed E-state index contributed by atoms with van der Waals surface area (Å²) in [4.78, 5) is 14.4. The molecule has 3 heteroatoms. The van der Waals surface area contributed by atoms with Gasteiger partial charge in [-0.3, -0.25) is 4.79 Å². The second kappa shape index (κ2) is 8.39. The molecule has 0 saturated carbocycles. The average molecular weight is 409 g/mol. The summed E-state index contributed by atoms with van der Waals surface area (Å²) in [5.41, 5.74) is 5.97. The Kier molecular flexibility index (Phi) is 6.28. The van der Waals surface area contributed by atoms with E-state index in [9.17, 15) is 9.90 Å². The van der Waals surface area contributed by atoms with Gasteiger partial charge in [0.1, 0.15) is 5.76 Å². The summed E-state index contributed by atoms with van der Waals surface area (Å²) in [6.45, 7) is 12.6. The Bertz CT molecular complexity index is 928. The Labute approximate surface area is 179 Å². The average Bonchev–Trinajstić information content (AvgIpc) is 2.62. The number of thioether (sulfide) groups is 1. The van der Waals surface area contributed by atoms with Crippen molar-refractivity contribution in [2.75, 3.05) is 5.75 Å². The van der Waals surface area contributed by atoms with E-state index in [0.29, 0.717) is 18.4 Å². The molecule has 0 aromatic heterocycles. The maximum atomic E-state index is 13.1. The molecule has 0 fully saturated rings. The fourth-order valence-corrected chi connectivity index (χ4v) is 5.43. The SMILES string of the molecule is Cc1ccc(SCC(C)(C)C2CC(=O)C(c3c(C)cc(C)cc3C)=C(O)C2)cc1.